The summed E-state index contributed by atoms with van der Waals surface area (Å²) in [4.78, 5) is 24.3. The molecular weight excluding hydrogens is 399 g/mol. The fourth-order valence-corrected chi connectivity index (χ4v) is 2.94. The van der Waals surface area contributed by atoms with E-state index in [-0.39, 0.29) is 18.0 Å². The fraction of sp³-hybridized carbons (Fsp3) is 0.176. The number of aryl methyl sites for hydroxylation is 1. The Bertz CT molecular complexity index is 1010. The van der Waals surface area contributed by atoms with Crippen molar-refractivity contribution in [2.24, 2.45) is 0 Å². The van der Waals surface area contributed by atoms with Crippen LogP contribution < -0.4 is 10.9 Å². The van der Waals surface area contributed by atoms with Gasteiger partial charge in [0.2, 0.25) is 5.91 Å². The molecule has 6 nitrogen and oxygen atoms in total. The van der Waals surface area contributed by atoms with Crippen LogP contribution in [0.25, 0.3) is 6.08 Å². The molecule has 0 bridgehead atoms. The van der Waals surface area contributed by atoms with E-state index in [1.807, 2.05) is 0 Å². The van der Waals surface area contributed by atoms with Gasteiger partial charge in [0.05, 0.1) is 5.75 Å². The summed E-state index contributed by atoms with van der Waals surface area (Å²) in [6.45, 7) is 0.00926. The van der Waals surface area contributed by atoms with E-state index in [1.165, 1.54) is 29.0 Å². The van der Waals surface area contributed by atoms with Gasteiger partial charge in [0.1, 0.15) is 15.5 Å². The molecule has 1 aromatic carbocycles. The van der Waals surface area contributed by atoms with Crippen molar-refractivity contribution in [2.75, 3.05) is 17.3 Å². The molecule has 0 atom stereocenters. The quantitative estimate of drug-likeness (QED) is 0.736. The van der Waals surface area contributed by atoms with Gasteiger partial charge in [0, 0.05) is 35.1 Å². The Labute approximate surface area is 161 Å². The summed E-state index contributed by atoms with van der Waals surface area (Å²) >= 11 is 11.9. The fourth-order valence-electron chi connectivity index (χ4n) is 2.05. The first-order valence-electron chi connectivity index (χ1n) is 7.47. The smallest absolute Gasteiger partial charge is 0.274 e. The lowest BCUT2D eigenvalue weighted by Gasteiger charge is -2.07. The summed E-state index contributed by atoms with van der Waals surface area (Å²) in [7, 11) is -3.20. The summed E-state index contributed by atoms with van der Waals surface area (Å²) < 4.78 is 23.7. The number of carbonyl (C=O) groups is 1. The number of halogens is 2. The van der Waals surface area contributed by atoms with Crippen molar-refractivity contribution in [3.05, 3.63) is 68.6 Å². The van der Waals surface area contributed by atoms with Gasteiger partial charge in [-0.2, -0.15) is 0 Å². The van der Waals surface area contributed by atoms with Gasteiger partial charge >= 0.3 is 0 Å². The van der Waals surface area contributed by atoms with Crippen molar-refractivity contribution in [1.29, 1.82) is 0 Å². The number of amides is 1. The van der Waals surface area contributed by atoms with Crippen molar-refractivity contribution in [3.63, 3.8) is 0 Å². The predicted octanol–water partition coefficient (Wildman–Crippen LogP) is 2.85. The normalized spacial score (nSPS) is 11.7. The van der Waals surface area contributed by atoms with Crippen molar-refractivity contribution < 1.29 is 13.2 Å². The highest BCUT2D eigenvalue weighted by molar-refractivity contribution is 7.90. The number of pyridine rings is 1. The highest BCUT2D eigenvalue weighted by Gasteiger charge is 2.08. The van der Waals surface area contributed by atoms with Crippen molar-refractivity contribution >= 4 is 50.7 Å². The Morgan fingerprint density at radius 3 is 2.69 bits per heavy atom. The number of carbonyl (C=O) groups excluding carboxylic acids is 1. The van der Waals surface area contributed by atoms with E-state index in [0.717, 1.165) is 6.26 Å². The van der Waals surface area contributed by atoms with Gasteiger partial charge in [0.25, 0.3) is 5.56 Å². The van der Waals surface area contributed by atoms with Crippen LogP contribution in [0.15, 0.2) is 47.4 Å². The van der Waals surface area contributed by atoms with E-state index in [9.17, 15) is 18.0 Å². The van der Waals surface area contributed by atoms with Crippen LogP contribution >= 0.6 is 23.2 Å². The van der Waals surface area contributed by atoms with E-state index in [2.05, 4.69) is 5.32 Å². The molecular formula is C17H16Cl2N2O4S. The standard InChI is InChI=1S/C17H16Cl2N2O4S/c1-26(24,25)10-9-21-8-2-3-15(17(21)23)20-16(22)7-4-12-11-13(18)5-6-14(12)19/h2-8,11H,9-10H2,1H3,(H,20,22). The topological polar surface area (TPSA) is 85.2 Å². The predicted molar refractivity (Wildman–Crippen MR) is 105 cm³/mol. The Morgan fingerprint density at radius 2 is 2.00 bits per heavy atom. The molecule has 0 aliphatic carbocycles. The van der Waals surface area contributed by atoms with Crippen LogP contribution in [0.3, 0.4) is 0 Å². The molecule has 1 aromatic heterocycles. The lowest BCUT2D eigenvalue weighted by Crippen LogP contribution is -2.27. The molecule has 0 aliphatic rings. The number of anilines is 1. The van der Waals surface area contributed by atoms with Crippen LogP contribution in [0.5, 0.6) is 0 Å². The van der Waals surface area contributed by atoms with Crippen molar-refractivity contribution in [2.45, 2.75) is 6.54 Å². The zero-order valence-corrected chi connectivity index (χ0v) is 16.1. The van der Waals surface area contributed by atoms with E-state index in [0.29, 0.717) is 15.6 Å². The number of hydrogen-bond acceptors (Lipinski definition) is 4. The molecule has 0 unspecified atom stereocenters. The maximum Gasteiger partial charge on any atom is 0.274 e. The average Bonchev–Trinajstić information content (AvgIpc) is 2.55. The zero-order valence-electron chi connectivity index (χ0n) is 13.8. The van der Waals surface area contributed by atoms with Gasteiger partial charge in [-0.3, -0.25) is 9.59 Å². The molecule has 1 N–H and O–H groups in total. The second kappa shape index (κ2) is 8.53. The highest BCUT2D eigenvalue weighted by Crippen LogP contribution is 2.21. The Hall–Kier alpha value is -2.09. The average molecular weight is 415 g/mol. The lowest BCUT2D eigenvalue weighted by molar-refractivity contribution is -0.111. The first-order chi connectivity index (χ1) is 12.2. The first kappa shape index (κ1) is 20.2. The van der Waals surface area contributed by atoms with Gasteiger partial charge in [-0.1, -0.05) is 23.2 Å². The van der Waals surface area contributed by atoms with Crippen molar-refractivity contribution in [3.8, 4) is 0 Å². The first-order valence-corrected chi connectivity index (χ1v) is 10.3. The lowest BCUT2D eigenvalue weighted by atomic mass is 10.2. The molecule has 0 saturated carbocycles. The van der Waals surface area contributed by atoms with Crippen LogP contribution in [0, 0.1) is 0 Å². The maximum atomic E-state index is 12.3. The van der Waals surface area contributed by atoms with Gasteiger partial charge < -0.3 is 9.88 Å². The summed E-state index contributed by atoms with van der Waals surface area (Å²) in [6, 6.07) is 7.84. The molecule has 138 valence electrons. The molecule has 1 heterocycles. The van der Waals surface area contributed by atoms with Crippen LogP contribution in [-0.2, 0) is 21.2 Å². The highest BCUT2D eigenvalue weighted by atomic mass is 35.5. The van der Waals surface area contributed by atoms with Gasteiger partial charge in [-0.05, 0) is 42.0 Å². The number of nitrogens with zero attached hydrogens (tertiary/aromatic N) is 1. The van der Waals surface area contributed by atoms with Crippen LogP contribution in [0.1, 0.15) is 5.56 Å². The van der Waals surface area contributed by atoms with E-state index >= 15 is 0 Å². The Morgan fingerprint density at radius 1 is 1.27 bits per heavy atom. The van der Waals surface area contributed by atoms with Gasteiger partial charge in [-0.25, -0.2) is 8.42 Å². The molecule has 0 spiro atoms. The second-order valence-corrected chi connectivity index (χ2v) is 8.64. The number of hydrogen-bond donors (Lipinski definition) is 1. The van der Waals surface area contributed by atoms with E-state index < -0.39 is 21.3 Å². The SMILES string of the molecule is CS(=O)(=O)CCn1cccc(NC(=O)C=Cc2cc(Cl)ccc2Cl)c1=O. The third-order valence-corrected chi connectivity index (χ3v) is 4.86. The number of benzene rings is 1. The molecule has 0 saturated heterocycles. The molecule has 9 heteroatoms. The maximum absolute atomic E-state index is 12.3. The number of rotatable bonds is 6. The van der Waals surface area contributed by atoms with Gasteiger partial charge in [0.15, 0.2) is 0 Å². The van der Waals surface area contributed by atoms with Gasteiger partial charge in [-0.15, -0.1) is 0 Å². The van der Waals surface area contributed by atoms with Crippen molar-refractivity contribution in [1.82, 2.24) is 4.57 Å². The summed E-state index contributed by atoms with van der Waals surface area (Å²) in [5.74, 6) is -0.698. The number of nitrogens with one attached hydrogen (secondary N) is 1. The molecule has 26 heavy (non-hydrogen) atoms. The molecule has 2 aromatic rings. The van der Waals surface area contributed by atoms with E-state index in [1.54, 1.807) is 24.3 Å². The van der Waals surface area contributed by atoms with Crippen LogP contribution in [-0.4, -0.2) is 30.9 Å². The summed E-state index contributed by atoms with van der Waals surface area (Å²) in [6.07, 6.45) is 5.26. The number of sulfone groups is 1. The number of aromatic nitrogens is 1. The molecule has 2 rings (SSSR count). The molecule has 0 fully saturated rings. The zero-order chi connectivity index (χ0) is 19.3. The Balaban J connectivity index is 2.13. The minimum absolute atomic E-state index is 0.00926. The monoisotopic (exact) mass is 414 g/mol. The van der Waals surface area contributed by atoms with Crippen LogP contribution in [0.2, 0.25) is 10.0 Å². The van der Waals surface area contributed by atoms with Crippen LogP contribution in [0.4, 0.5) is 5.69 Å². The summed E-state index contributed by atoms with van der Waals surface area (Å²) in [5, 5.41) is 3.38. The van der Waals surface area contributed by atoms with E-state index in [4.69, 9.17) is 23.2 Å². The Kier molecular flexibility index (Phi) is 6.63. The molecule has 0 radical (unpaired) electrons. The second-order valence-electron chi connectivity index (χ2n) is 5.54. The third-order valence-electron chi connectivity index (χ3n) is 3.35. The summed E-state index contributed by atoms with van der Waals surface area (Å²) in [5.41, 5.74) is 0.125. The minimum atomic E-state index is -3.20. The largest absolute Gasteiger partial charge is 0.318 e. The molecule has 1 amide bonds. The molecule has 0 aliphatic heterocycles. The third kappa shape index (κ3) is 6.01. The minimum Gasteiger partial charge on any atom is -0.318 e.